The third kappa shape index (κ3) is 6.60. The number of methoxy groups -OCH3 is 4. The van der Waals surface area contributed by atoms with E-state index in [0.29, 0.717) is 17.1 Å². The molecule has 46 heavy (non-hydrogen) atoms. The van der Waals surface area contributed by atoms with E-state index >= 15 is 0 Å². The Kier molecular flexibility index (Phi) is 10.6. The number of hydrogen-bond donors (Lipinski definition) is 5. The van der Waals surface area contributed by atoms with E-state index in [9.17, 15) is 30.3 Å². The molecule has 2 aromatic rings. The SMILES string of the molecule is COc1ccc([C@@H]2CC(=O)c3c(OC)cc(O[C@@H]4O[C@H](CO[C@@H]5O[C@@H](C)[C@H](O)[C@@H](O)[C@H]5O)[C@@H](O)[C@H](O)[C@H]4OC)cc3O2)cc1OC. The lowest BCUT2D eigenvalue weighted by molar-refractivity contribution is -0.320. The zero-order chi connectivity index (χ0) is 33.3. The number of carbonyl (C=O) groups excluding carboxylic acids is 1. The van der Waals surface area contributed by atoms with E-state index in [1.54, 1.807) is 18.2 Å². The second-order valence-corrected chi connectivity index (χ2v) is 11.2. The second kappa shape index (κ2) is 14.3. The van der Waals surface area contributed by atoms with Gasteiger partial charge in [-0.2, -0.15) is 0 Å². The van der Waals surface area contributed by atoms with Crippen LogP contribution in [0.5, 0.6) is 28.7 Å². The van der Waals surface area contributed by atoms with Gasteiger partial charge >= 0.3 is 0 Å². The molecule has 3 aliphatic heterocycles. The average Bonchev–Trinajstić information content (AvgIpc) is 3.05. The number of aliphatic hydroxyl groups is 5. The number of rotatable bonds is 10. The smallest absolute Gasteiger partial charge is 0.229 e. The predicted molar refractivity (Wildman–Crippen MR) is 155 cm³/mol. The third-order valence-corrected chi connectivity index (χ3v) is 8.36. The van der Waals surface area contributed by atoms with Crippen molar-refractivity contribution in [1.29, 1.82) is 0 Å². The molecule has 0 saturated carbocycles. The standard InChI is InChI=1S/C31H40O15/c1-13-24(33)26(35)28(37)30(43-13)42-12-22-25(34)27(36)29(41-5)31(46-22)44-15-9-20(40-4)23-16(32)11-18(45-21(23)10-15)14-6-7-17(38-2)19(8-14)39-3/h6-10,13,18,22,24-31,33-37H,11-12H2,1-5H3/t13-,18-,22+,24-,25+,26+,27-,28+,29+,30+,31+/m0/s1. The number of ketones is 1. The summed E-state index contributed by atoms with van der Waals surface area (Å²) in [6.45, 7) is 1.10. The molecule has 0 radical (unpaired) electrons. The van der Waals surface area contributed by atoms with Gasteiger partial charge in [0.1, 0.15) is 71.6 Å². The molecular formula is C31H40O15. The molecule has 0 spiro atoms. The number of carbonyl (C=O) groups is 1. The van der Waals surface area contributed by atoms with Gasteiger partial charge in [0, 0.05) is 19.2 Å². The lowest BCUT2D eigenvalue weighted by Gasteiger charge is -2.43. The van der Waals surface area contributed by atoms with E-state index < -0.39 is 74.1 Å². The second-order valence-electron chi connectivity index (χ2n) is 11.2. The lowest BCUT2D eigenvalue weighted by atomic mass is 9.95. The Balaban J connectivity index is 1.35. The van der Waals surface area contributed by atoms with Gasteiger partial charge in [-0.15, -0.1) is 0 Å². The minimum Gasteiger partial charge on any atom is -0.496 e. The monoisotopic (exact) mass is 652 g/mol. The van der Waals surface area contributed by atoms with Crippen LogP contribution in [-0.4, -0.2) is 128 Å². The van der Waals surface area contributed by atoms with E-state index in [2.05, 4.69) is 0 Å². The molecule has 3 aliphatic rings. The van der Waals surface area contributed by atoms with Crippen LogP contribution >= 0.6 is 0 Å². The van der Waals surface area contributed by atoms with Crippen molar-refractivity contribution in [3.8, 4) is 28.7 Å². The first-order valence-electron chi connectivity index (χ1n) is 14.7. The molecule has 0 unspecified atom stereocenters. The number of hydrogen-bond acceptors (Lipinski definition) is 15. The summed E-state index contributed by atoms with van der Waals surface area (Å²) in [5.41, 5.74) is 0.911. The molecule has 11 atom stereocenters. The highest BCUT2D eigenvalue weighted by molar-refractivity contribution is 6.02. The Labute approximate surface area is 265 Å². The van der Waals surface area contributed by atoms with Crippen LogP contribution in [0, 0.1) is 0 Å². The molecule has 2 aromatic carbocycles. The third-order valence-electron chi connectivity index (χ3n) is 8.36. The summed E-state index contributed by atoms with van der Waals surface area (Å²) in [6.07, 6.45) is -13.9. The Morgan fingerprint density at radius 2 is 1.50 bits per heavy atom. The van der Waals surface area contributed by atoms with E-state index in [1.807, 2.05) is 0 Å². The van der Waals surface area contributed by atoms with E-state index in [4.69, 9.17) is 42.6 Å². The fourth-order valence-electron chi connectivity index (χ4n) is 5.73. The van der Waals surface area contributed by atoms with Crippen molar-refractivity contribution in [1.82, 2.24) is 0 Å². The maximum Gasteiger partial charge on any atom is 0.229 e. The van der Waals surface area contributed by atoms with Crippen LogP contribution < -0.4 is 23.7 Å². The first kappa shape index (κ1) is 34.1. The maximum absolute atomic E-state index is 13.3. The highest BCUT2D eigenvalue weighted by Crippen LogP contribution is 2.44. The van der Waals surface area contributed by atoms with Crippen molar-refractivity contribution >= 4 is 5.78 Å². The van der Waals surface area contributed by atoms with Gasteiger partial charge in [0.05, 0.1) is 40.5 Å². The molecule has 3 heterocycles. The van der Waals surface area contributed by atoms with Crippen LogP contribution in [-0.2, 0) is 18.9 Å². The van der Waals surface area contributed by atoms with Crippen LogP contribution in [0.3, 0.4) is 0 Å². The summed E-state index contributed by atoms with van der Waals surface area (Å²) >= 11 is 0. The van der Waals surface area contributed by atoms with Gasteiger partial charge in [0.2, 0.25) is 6.29 Å². The zero-order valence-corrected chi connectivity index (χ0v) is 26.0. The van der Waals surface area contributed by atoms with Gasteiger partial charge in [-0.1, -0.05) is 6.07 Å². The molecule has 2 fully saturated rings. The lowest BCUT2D eigenvalue weighted by Crippen LogP contribution is -2.62. The normalized spacial score (nSPS) is 34.3. The van der Waals surface area contributed by atoms with Crippen molar-refractivity contribution in [2.75, 3.05) is 35.0 Å². The number of ether oxygens (including phenoxy) is 9. The minimum atomic E-state index is -1.58. The molecular weight excluding hydrogens is 612 g/mol. The minimum absolute atomic E-state index is 0.0382. The van der Waals surface area contributed by atoms with Crippen molar-refractivity contribution in [3.63, 3.8) is 0 Å². The maximum atomic E-state index is 13.3. The van der Waals surface area contributed by atoms with Crippen molar-refractivity contribution in [2.45, 2.75) is 80.9 Å². The van der Waals surface area contributed by atoms with E-state index in [0.717, 1.165) is 0 Å². The molecule has 2 saturated heterocycles. The first-order chi connectivity index (χ1) is 22.0. The van der Waals surface area contributed by atoms with Gasteiger partial charge in [-0.05, 0) is 24.6 Å². The van der Waals surface area contributed by atoms with Gasteiger partial charge in [0.25, 0.3) is 0 Å². The molecule has 254 valence electrons. The van der Waals surface area contributed by atoms with Gasteiger partial charge in [0.15, 0.2) is 23.6 Å². The molecule has 0 bridgehead atoms. The number of Topliss-reactive ketones (excluding diaryl/α,β-unsaturated/α-hetero) is 1. The quantitative estimate of drug-likeness (QED) is 0.231. The topological polar surface area (TPSA) is 201 Å². The van der Waals surface area contributed by atoms with Crippen LogP contribution in [0.1, 0.15) is 35.4 Å². The summed E-state index contributed by atoms with van der Waals surface area (Å²) in [7, 11) is 5.73. The van der Waals surface area contributed by atoms with Crippen molar-refractivity contribution < 1.29 is 73.0 Å². The van der Waals surface area contributed by atoms with Crippen LogP contribution in [0.4, 0.5) is 0 Å². The summed E-state index contributed by atoms with van der Waals surface area (Å²) in [4.78, 5) is 13.3. The molecule has 0 amide bonds. The van der Waals surface area contributed by atoms with Gasteiger partial charge < -0.3 is 68.2 Å². The molecule has 15 heteroatoms. The Morgan fingerprint density at radius 3 is 2.17 bits per heavy atom. The number of benzene rings is 2. The Bertz CT molecular complexity index is 1370. The predicted octanol–water partition coefficient (Wildman–Crippen LogP) is 0.104. The molecule has 15 nitrogen and oxygen atoms in total. The average molecular weight is 653 g/mol. The number of aliphatic hydroxyl groups excluding tert-OH is 5. The molecule has 0 aromatic heterocycles. The molecule has 0 aliphatic carbocycles. The highest BCUT2D eigenvalue weighted by Gasteiger charge is 2.48. The summed E-state index contributed by atoms with van der Waals surface area (Å²) < 4.78 is 50.9. The Hall–Kier alpha value is -3.25. The Morgan fingerprint density at radius 1 is 0.783 bits per heavy atom. The van der Waals surface area contributed by atoms with Gasteiger partial charge in [-0.3, -0.25) is 4.79 Å². The zero-order valence-electron chi connectivity index (χ0n) is 26.0. The largest absolute Gasteiger partial charge is 0.496 e. The van der Waals surface area contributed by atoms with E-state index in [-0.39, 0.29) is 35.0 Å². The highest BCUT2D eigenvalue weighted by atomic mass is 16.7. The summed E-state index contributed by atoms with van der Waals surface area (Å²) in [6, 6.07) is 8.18. The number of fused-ring (bicyclic) bond motifs is 1. The fraction of sp³-hybridized carbons (Fsp3) is 0.581. The molecule has 5 N–H and O–H groups in total. The first-order valence-corrected chi connectivity index (χ1v) is 14.7. The molecule has 5 rings (SSSR count). The fourth-order valence-corrected chi connectivity index (χ4v) is 5.73. The van der Waals surface area contributed by atoms with Crippen LogP contribution in [0.2, 0.25) is 0 Å². The summed E-state index contributed by atoms with van der Waals surface area (Å²) in [5, 5.41) is 52.0. The van der Waals surface area contributed by atoms with Gasteiger partial charge in [-0.25, -0.2) is 0 Å². The van der Waals surface area contributed by atoms with E-state index in [1.165, 1.54) is 47.5 Å². The van der Waals surface area contributed by atoms with Crippen LogP contribution in [0.25, 0.3) is 0 Å². The summed E-state index contributed by atoms with van der Waals surface area (Å²) in [5.74, 6) is 1.30. The van der Waals surface area contributed by atoms with Crippen LogP contribution in [0.15, 0.2) is 30.3 Å². The van der Waals surface area contributed by atoms with Crippen molar-refractivity contribution in [3.05, 3.63) is 41.5 Å². The van der Waals surface area contributed by atoms with Crippen molar-refractivity contribution in [2.24, 2.45) is 0 Å².